The second-order valence-corrected chi connectivity index (χ2v) is 3.80. The number of aliphatic imine (C=N–C) groups is 1. The Morgan fingerprint density at radius 3 is 2.50 bits per heavy atom. The number of rotatable bonds is 3. The number of H-pyrrole nitrogens is 1. The number of aromatic nitrogens is 1. The predicted molar refractivity (Wildman–Crippen MR) is 71.3 cm³/mol. The molecule has 1 aromatic carbocycles. The molecule has 0 aliphatic heterocycles. The quantitative estimate of drug-likeness (QED) is 0.458. The van der Waals surface area contributed by atoms with Gasteiger partial charge in [0.05, 0.1) is 5.69 Å². The van der Waals surface area contributed by atoms with Gasteiger partial charge in [-0.3, -0.25) is 0 Å². The van der Waals surface area contributed by atoms with Crippen molar-refractivity contribution in [2.24, 2.45) is 10.7 Å². The molecule has 2 rings (SSSR count). The SMILES string of the molecule is C[N-]c1[nH]ccc1C(N)=Nc1ccc(C)cc1.[K+]. The molecule has 0 saturated heterocycles. The van der Waals surface area contributed by atoms with Crippen LogP contribution in [0.2, 0.25) is 0 Å². The Kier molecular flexibility index (Phi) is 6.11. The molecule has 0 amide bonds. The van der Waals surface area contributed by atoms with Crippen molar-refractivity contribution in [3.05, 3.63) is 53.0 Å². The minimum Gasteiger partial charge on any atom is -0.468 e. The van der Waals surface area contributed by atoms with Crippen LogP contribution in [0, 0.1) is 6.92 Å². The van der Waals surface area contributed by atoms with Crippen LogP contribution < -0.4 is 57.1 Å². The summed E-state index contributed by atoms with van der Waals surface area (Å²) in [4.78, 5) is 7.37. The second-order valence-electron chi connectivity index (χ2n) is 3.80. The van der Waals surface area contributed by atoms with Gasteiger partial charge in [0.25, 0.3) is 0 Å². The zero-order valence-electron chi connectivity index (χ0n) is 10.9. The van der Waals surface area contributed by atoms with Crippen LogP contribution in [0.4, 0.5) is 11.5 Å². The molecule has 0 atom stereocenters. The number of amidine groups is 1. The van der Waals surface area contributed by atoms with Crippen molar-refractivity contribution in [1.82, 2.24) is 4.98 Å². The minimum absolute atomic E-state index is 0. The number of hydrogen-bond acceptors (Lipinski definition) is 1. The summed E-state index contributed by atoms with van der Waals surface area (Å²) in [6.45, 7) is 2.04. The minimum atomic E-state index is 0. The predicted octanol–water partition coefficient (Wildman–Crippen LogP) is -0.000880. The topological polar surface area (TPSA) is 68.3 Å². The molecule has 0 radical (unpaired) electrons. The fourth-order valence-electron chi connectivity index (χ4n) is 1.57. The normalized spacial score (nSPS) is 10.9. The Morgan fingerprint density at radius 2 is 1.89 bits per heavy atom. The largest absolute Gasteiger partial charge is 1.00 e. The van der Waals surface area contributed by atoms with Crippen molar-refractivity contribution in [2.45, 2.75) is 6.92 Å². The van der Waals surface area contributed by atoms with E-state index < -0.39 is 0 Å². The first-order valence-corrected chi connectivity index (χ1v) is 5.39. The summed E-state index contributed by atoms with van der Waals surface area (Å²) in [6.07, 6.45) is 1.80. The van der Waals surface area contributed by atoms with Crippen LogP contribution in [-0.4, -0.2) is 17.9 Å². The van der Waals surface area contributed by atoms with Crippen molar-refractivity contribution in [3.63, 3.8) is 0 Å². The average molecular weight is 266 g/mol. The number of nitrogens with two attached hydrogens (primary N) is 1. The zero-order valence-corrected chi connectivity index (χ0v) is 14.1. The number of nitrogens with zero attached hydrogens (tertiary/aromatic N) is 2. The summed E-state index contributed by atoms with van der Waals surface area (Å²) < 4.78 is 0. The first-order chi connectivity index (χ1) is 8.20. The molecule has 0 fully saturated rings. The van der Waals surface area contributed by atoms with Gasteiger partial charge in [-0.1, -0.05) is 42.8 Å². The van der Waals surface area contributed by atoms with Crippen molar-refractivity contribution < 1.29 is 51.4 Å². The molecule has 18 heavy (non-hydrogen) atoms. The molecule has 0 bridgehead atoms. The first kappa shape index (κ1) is 15.5. The standard InChI is InChI=1S/C13H15N4.K/c1-9-3-5-10(6-4-9)17-12(14)11-7-8-16-13(11)15-2;/h3-8,16H,1-2H3,(H2,14,17);/q-1;+1. The third kappa shape index (κ3) is 3.70. The van der Waals surface area contributed by atoms with Crippen LogP contribution in [0.25, 0.3) is 5.32 Å². The number of nitrogens with one attached hydrogen (secondary N) is 1. The Bertz CT molecular complexity index is 528. The van der Waals surface area contributed by atoms with Crippen LogP contribution in [0.5, 0.6) is 0 Å². The van der Waals surface area contributed by atoms with Gasteiger partial charge >= 0.3 is 51.4 Å². The molecule has 88 valence electrons. The molecule has 0 unspecified atom stereocenters. The summed E-state index contributed by atoms with van der Waals surface area (Å²) in [5, 5.41) is 4.09. The Hall–Kier alpha value is -0.594. The number of benzene rings is 1. The van der Waals surface area contributed by atoms with E-state index >= 15 is 0 Å². The molecule has 2 aromatic rings. The molecule has 5 heteroatoms. The Morgan fingerprint density at radius 1 is 1.22 bits per heavy atom. The molecule has 4 nitrogen and oxygen atoms in total. The van der Waals surface area contributed by atoms with E-state index in [0.29, 0.717) is 5.84 Å². The fraction of sp³-hybridized carbons (Fsp3) is 0.154. The fourth-order valence-corrected chi connectivity index (χ4v) is 1.57. The maximum atomic E-state index is 5.96. The monoisotopic (exact) mass is 266 g/mol. The molecule has 1 aromatic heterocycles. The smallest absolute Gasteiger partial charge is 0.468 e. The average Bonchev–Trinajstić information content (AvgIpc) is 2.80. The van der Waals surface area contributed by atoms with Gasteiger partial charge in [0.2, 0.25) is 0 Å². The van der Waals surface area contributed by atoms with Gasteiger partial charge in [-0.05, 0) is 19.1 Å². The molecular formula is C13H15KN4. The van der Waals surface area contributed by atoms with E-state index in [2.05, 4.69) is 15.3 Å². The van der Waals surface area contributed by atoms with Crippen LogP contribution >= 0.6 is 0 Å². The van der Waals surface area contributed by atoms with E-state index in [1.807, 2.05) is 37.3 Å². The third-order valence-corrected chi connectivity index (χ3v) is 2.51. The van der Waals surface area contributed by atoms with E-state index in [1.165, 1.54) is 5.56 Å². The summed E-state index contributed by atoms with van der Waals surface area (Å²) in [6, 6.07) is 9.77. The molecule has 1 heterocycles. The second kappa shape index (κ2) is 7.11. The maximum Gasteiger partial charge on any atom is 1.00 e. The van der Waals surface area contributed by atoms with Gasteiger partial charge in [0.15, 0.2) is 0 Å². The summed E-state index contributed by atoms with van der Waals surface area (Å²) in [5.74, 6) is 1.22. The van der Waals surface area contributed by atoms with E-state index in [4.69, 9.17) is 5.73 Å². The van der Waals surface area contributed by atoms with Gasteiger partial charge in [-0.25, -0.2) is 4.99 Å². The molecule has 0 aliphatic rings. The summed E-state index contributed by atoms with van der Waals surface area (Å²) in [7, 11) is 1.72. The van der Waals surface area contributed by atoms with Crippen LogP contribution in [0.3, 0.4) is 0 Å². The Labute approximate surface area is 150 Å². The van der Waals surface area contributed by atoms with Crippen molar-refractivity contribution in [1.29, 1.82) is 0 Å². The molecule has 0 spiro atoms. The molecule has 0 aliphatic carbocycles. The van der Waals surface area contributed by atoms with E-state index in [1.54, 1.807) is 13.2 Å². The molecular weight excluding hydrogens is 251 g/mol. The van der Waals surface area contributed by atoms with Crippen molar-refractivity contribution in [2.75, 3.05) is 7.05 Å². The van der Waals surface area contributed by atoms with Gasteiger partial charge in [0, 0.05) is 5.56 Å². The summed E-state index contributed by atoms with van der Waals surface area (Å²) >= 11 is 0. The van der Waals surface area contributed by atoms with E-state index in [-0.39, 0.29) is 51.4 Å². The maximum absolute atomic E-state index is 5.96. The van der Waals surface area contributed by atoms with Crippen LogP contribution in [-0.2, 0) is 0 Å². The summed E-state index contributed by atoms with van der Waals surface area (Å²) in [5.41, 5.74) is 8.83. The van der Waals surface area contributed by atoms with Gasteiger partial charge in [-0.2, -0.15) is 0 Å². The first-order valence-electron chi connectivity index (χ1n) is 5.39. The zero-order chi connectivity index (χ0) is 12.3. The molecule has 3 N–H and O–H groups in total. The number of hydrogen-bond donors (Lipinski definition) is 2. The Balaban J connectivity index is 0.00000162. The van der Waals surface area contributed by atoms with Gasteiger partial charge in [-0.15, -0.1) is 0 Å². The molecule has 0 saturated carbocycles. The number of aromatic amines is 1. The third-order valence-electron chi connectivity index (χ3n) is 2.51. The van der Waals surface area contributed by atoms with Crippen molar-refractivity contribution >= 4 is 17.3 Å². The van der Waals surface area contributed by atoms with E-state index in [9.17, 15) is 0 Å². The van der Waals surface area contributed by atoms with Gasteiger partial charge in [0.1, 0.15) is 5.84 Å². The van der Waals surface area contributed by atoms with Crippen LogP contribution in [0.15, 0.2) is 41.5 Å². The van der Waals surface area contributed by atoms with Gasteiger partial charge < -0.3 is 16.0 Å². The number of aryl methyl sites for hydroxylation is 1. The van der Waals surface area contributed by atoms with Crippen molar-refractivity contribution in [3.8, 4) is 0 Å². The van der Waals surface area contributed by atoms with Crippen LogP contribution in [0.1, 0.15) is 11.1 Å². The van der Waals surface area contributed by atoms with E-state index in [0.717, 1.165) is 17.1 Å².